The standard InChI is InChI=1S/C54H85NO8/c1-3-5-7-9-11-12-13-14-15-16-17-18-19-20-21-22-23-24-25-26-27-28-29-30-31-32-33-34-35-36-38-40-42-44-50(58)55-47(48(57)43-41-39-37-10-8-6-4-2)46-62-54-53(61)52(60)51(59)49(45-56)63-54/h5,7,11-12,14-15,17-18,20-21,23-24,26-27,29-30,32-33,35-36,41,43,47-49,51-54,56-57,59-61H,3-4,6,8-10,13,16,19,22,25,28,31,34,37-40,42,44-46H2,1-2H3,(H,55,58)/b7-5-,12-11-,15-14-,18-17-,21-20-,24-23-,27-26-,30-29-,33-32-,36-35-,43-41+. The van der Waals surface area contributed by atoms with E-state index < -0.39 is 49.5 Å². The van der Waals surface area contributed by atoms with Crippen LogP contribution < -0.4 is 5.32 Å². The third-order valence-corrected chi connectivity index (χ3v) is 10.2. The average molecular weight is 876 g/mol. The Balaban J connectivity index is 2.24. The van der Waals surface area contributed by atoms with Gasteiger partial charge in [-0.3, -0.25) is 4.79 Å². The second-order valence-corrected chi connectivity index (χ2v) is 15.8. The van der Waals surface area contributed by atoms with Crippen LogP contribution in [-0.2, 0) is 14.3 Å². The summed E-state index contributed by atoms with van der Waals surface area (Å²) in [5.74, 6) is -0.232. The van der Waals surface area contributed by atoms with Crippen LogP contribution >= 0.6 is 0 Å². The molecule has 1 aliphatic rings. The number of ether oxygens (including phenoxy) is 2. The molecule has 63 heavy (non-hydrogen) atoms. The Labute approximate surface area is 381 Å². The highest BCUT2D eigenvalue weighted by Gasteiger charge is 2.44. The van der Waals surface area contributed by atoms with E-state index >= 15 is 0 Å². The molecule has 0 saturated carbocycles. The van der Waals surface area contributed by atoms with Crippen LogP contribution in [0.5, 0.6) is 0 Å². The van der Waals surface area contributed by atoms with Gasteiger partial charge in [0.25, 0.3) is 0 Å². The van der Waals surface area contributed by atoms with Gasteiger partial charge in [0, 0.05) is 6.42 Å². The second-order valence-electron chi connectivity index (χ2n) is 15.8. The Morgan fingerprint density at radius 1 is 0.556 bits per heavy atom. The van der Waals surface area contributed by atoms with Crippen LogP contribution in [0.1, 0.15) is 142 Å². The predicted molar refractivity (Wildman–Crippen MR) is 262 cm³/mol. The van der Waals surface area contributed by atoms with E-state index in [-0.39, 0.29) is 18.9 Å². The van der Waals surface area contributed by atoms with Gasteiger partial charge < -0.3 is 40.3 Å². The van der Waals surface area contributed by atoms with Gasteiger partial charge in [-0.2, -0.15) is 0 Å². The molecule has 7 unspecified atom stereocenters. The second kappa shape index (κ2) is 42.3. The SMILES string of the molecule is CC/C=C\C/C=C\C/C=C\C/C=C\C/C=C\C/C=C\C/C=C\C/C=C\C/C=C\C/C=C\CCCCC(=O)NC(COC1OC(CO)C(O)C(O)C1O)C(O)/C=C/CCCCCCC. The summed E-state index contributed by atoms with van der Waals surface area (Å²) < 4.78 is 11.1. The van der Waals surface area contributed by atoms with Crippen molar-refractivity contribution in [3.63, 3.8) is 0 Å². The fourth-order valence-electron chi connectivity index (χ4n) is 6.42. The summed E-state index contributed by atoms with van der Waals surface area (Å²) in [6, 6.07) is -0.835. The first-order chi connectivity index (χ1) is 30.8. The fraction of sp³-hybridized carbons (Fsp3) is 0.574. The van der Waals surface area contributed by atoms with Gasteiger partial charge in [-0.05, 0) is 96.3 Å². The summed E-state index contributed by atoms with van der Waals surface area (Å²) in [6.45, 7) is 3.53. The first-order valence-electron chi connectivity index (χ1n) is 23.9. The van der Waals surface area contributed by atoms with E-state index in [1.807, 2.05) is 6.08 Å². The van der Waals surface area contributed by atoms with Gasteiger partial charge >= 0.3 is 0 Å². The van der Waals surface area contributed by atoms with Crippen LogP contribution in [0.2, 0.25) is 0 Å². The highest BCUT2D eigenvalue weighted by atomic mass is 16.7. The third-order valence-electron chi connectivity index (χ3n) is 10.2. The van der Waals surface area contributed by atoms with Crippen LogP contribution in [0, 0.1) is 0 Å². The number of hydrogen-bond acceptors (Lipinski definition) is 8. The molecular formula is C54H85NO8. The molecule has 9 heteroatoms. The van der Waals surface area contributed by atoms with E-state index in [0.29, 0.717) is 6.42 Å². The molecule has 0 spiro atoms. The third kappa shape index (κ3) is 32.6. The van der Waals surface area contributed by atoms with Crippen LogP contribution in [0.15, 0.2) is 134 Å². The normalized spacial score (nSPS) is 21.4. The lowest BCUT2D eigenvalue weighted by molar-refractivity contribution is -0.302. The van der Waals surface area contributed by atoms with Crippen LogP contribution in [-0.4, -0.2) is 87.5 Å². The molecule has 0 aromatic carbocycles. The number of hydrogen-bond donors (Lipinski definition) is 6. The topological polar surface area (TPSA) is 149 Å². The molecule has 0 radical (unpaired) electrons. The number of unbranched alkanes of at least 4 members (excludes halogenated alkanes) is 7. The molecular weight excluding hydrogens is 791 g/mol. The smallest absolute Gasteiger partial charge is 0.220 e. The Hall–Kier alpha value is -3.67. The molecule has 1 amide bonds. The Bertz CT molecular complexity index is 1430. The van der Waals surface area contributed by atoms with Crippen molar-refractivity contribution in [2.24, 2.45) is 0 Å². The number of carbonyl (C=O) groups is 1. The average Bonchev–Trinajstić information content (AvgIpc) is 3.28. The zero-order valence-electron chi connectivity index (χ0n) is 38.8. The lowest BCUT2D eigenvalue weighted by atomic mass is 9.99. The minimum absolute atomic E-state index is 0.217. The van der Waals surface area contributed by atoms with Crippen LogP contribution in [0.25, 0.3) is 0 Å². The minimum Gasteiger partial charge on any atom is -0.394 e. The maximum Gasteiger partial charge on any atom is 0.220 e. The van der Waals surface area contributed by atoms with E-state index in [4.69, 9.17) is 9.47 Å². The van der Waals surface area contributed by atoms with Crippen molar-refractivity contribution < 1.29 is 39.8 Å². The number of nitrogens with one attached hydrogen (secondary N) is 1. The van der Waals surface area contributed by atoms with Crippen molar-refractivity contribution in [1.82, 2.24) is 5.32 Å². The van der Waals surface area contributed by atoms with Crippen LogP contribution in [0.4, 0.5) is 0 Å². The monoisotopic (exact) mass is 876 g/mol. The molecule has 1 saturated heterocycles. The van der Waals surface area contributed by atoms with Gasteiger partial charge in [0.2, 0.25) is 5.91 Å². The highest BCUT2D eigenvalue weighted by molar-refractivity contribution is 5.76. The zero-order valence-corrected chi connectivity index (χ0v) is 38.8. The van der Waals surface area contributed by atoms with E-state index in [1.165, 1.54) is 19.3 Å². The molecule has 354 valence electrons. The number of carbonyl (C=O) groups excluding carboxylic acids is 1. The number of amides is 1. The quantitative estimate of drug-likeness (QED) is 0.0267. The molecule has 6 N–H and O–H groups in total. The van der Waals surface area contributed by atoms with Gasteiger partial charge in [0.05, 0.1) is 25.4 Å². The number of allylic oxidation sites excluding steroid dienone is 21. The van der Waals surface area contributed by atoms with Gasteiger partial charge in [-0.15, -0.1) is 0 Å². The van der Waals surface area contributed by atoms with Crippen molar-refractivity contribution in [3.05, 3.63) is 134 Å². The Kier molecular flexibility index (Phi) is 38.5. The summed E-state index contributed by atoms with van der Waals surface area (Å²) in [7, 11) is 0. The lowest BCUT2D eigenvalue weighted by Gasteiger charge is -2.40. The molecule has 0 aliphatic carbocycles. The van der Waals surface area contributed by atoms with Crippen LogP contribution in [0.3, 0.4) is 0 Å². The maximum absolute atomic E-state index is 12.9. The van der Waals surface area contributed by atoms with Gasteiger partial charge in [0.15, 0.2) is 6.29 Å². The first-order valence-corrected chi connectivity index (χ1v) is 23.9. The van der Waals surface area contributed by atoms with E-state index in [1.54, 1.807) is 6.08 Å². The van der Waals surface area contributed by atoms with Crippen molar-refractivity contribution in [2.45, 2.75) is 185 Å². The minimum atomic E-state index is -1.58. The number of aliphatic hydroxyl groups excluding tert-OH is 5. The Morgan fingerprint density at radius 3 is 1.44 bits per heavy atom. The molecule has 0 bridgehead atoms. The van der Waals surface area contributed by atoms with E-state index in [2.05, 4.69) is 141 Å². The summed E-state index contributed by atoms with van der Waals surface area (Å²) in [5.41, 5.74) is 0. The highest BCUT2D eigenvalue weighted by Crippen LogP contribution is 2.22. The van der Waals surface area contributed by atoms with Crippen molar-refractivity contribution in [2.75, 3.05) is 13.2 Å². The largest absolute Gasteiger partial charge is 0.394 e. The van der Waals surface area contributed by atoms with Crippen molar-refractivity contribution in [1.29, 1.82) is 0 Å². The van der Waals surface area contributed by atoms with Crippen molar-refractivity contribution >= 4 is 5.91 Å². The molecule has 0 aromatic heterocycles. The van der Waals surface area contributed by atoms with E-state index in [9.17, 15) is 30.3 Å². The molecule has 7 atom stereocenters. The van der Waals surface area contributed by atoms with Gasteiger partial charge in [-0.25, -0.2) is 0 Å². The molecule has 1 rings (SSSR count). The molecule has 0 aromatic rings. The number of aliphatic hydroxyl groups is 5. The molecule has 1 fully saturated rings. The maximum atomic E-state index is 12.9. The summed E-state index contributed by atoms with van der Waals surface area (Å²) in [6.07, 6.45) is 58.2. The van der Waals surface area contributed by atoms with Gasteiger partial charge in [0.1, 0.15) is 24.4 Å². The summed E-state index contributed by atoms with van der Waals surface area (Å²) >= 11 is 0. The summed E-state index contributed by atoms with van der Waals surface area (Å²) in [4.78, 5) is 12.9. The zero-order chi connectivity index (χ0) is 45.9. The van der Waals surface area contributed by atoms with E-state index in [0.717, 1.165) is 96.3 Å². The molecule has 1 aliphatic heterocycles. The first kappa shape index (κ1) is 57.3. The lowest BCUT2D eigenvalue weighted by Crippen LogP contribution is -2.60. The summed E-state index contributed by atoms with van der Waals surface area (Å²) in [5, 5.41) is 53.8. The van der Waals surface area contributed by atoms with Gasteiger partial charge in [-0.1, -0.05) is 173 Å². The predicted octanol–water partition coefficient (Wildman–Crippen LogP) is 10.6. The molecule has 9 nitrogen and oxygen atoms in total. The molecule has 1 heterocycles. The Morgan fingerprint density at radius 2 is 0.984 bits per heavy atom. The number of rotatable bonds is 37. The fourth-order valence-corrected chi connectivity index (χ4v) is 6.42. The van der Waals surface area contributed by atoms with Crippen molar-refractivity contribution in [3.8, 4) is 0 Å².